The third-order valence-electron chi connectivity index (χ3n) is 3.11. The summed E-state index contributed by atoms with van der Waals surface area (Å²) in [4.78, 5) is 26.7. The van der Waals surface area contributed by atoms with Gasteiger partial charge in [0.15, 0.2) is 5.78 Å². The Morgan fingerprint density at radius 3 is 3.17 bits per heavy atom. The topological polar surface area (TPSA) is 84.2 Å². The molecule has 6 nitrogen and oxygen atoms in total. The van der Waals surface area contributed by atoms with Crippen molar-refractivity contribution in [3.8, 4) is 0 Å². The molecule has 0 radical (unpaired) electrons. The Morgan fingerprint density at radius 2 is 2.56 bits per heavy atom. The molecule has 2 heterocycles. The van der Waals surface area contributed by atoms with Crippen LogP contribution in [0.15, 0.2) is 18.9 Å². The minimum Gasteiger partial charge on any atom is -0.465 e. The number of nitrogens with one attached hydrogen (secondary N) is 1. The molecule has 2 atom stereocenters. The molecule has 0 aliphatic carbocycles. The van der Waals surface area contributed by atoms with E-state index in [-0.39, 0.29) is 18.2 Å². The molecule has 2 rings (SSSR count). The van der Waals surface area contributed by atoms with Crippen LogP contribution in [0.25, 0.3) is 0 Å². The van der Waals surface area contributed by atoms with Gasteiger partial charge in [0.1, 0.15) is 5.82 Å². The zero-order valence-corrected chi connectivity index (χ0v) is 10.1. The standard InChI is InChI=1S/C12H15N3O3/c1-3-4-8-9-5-13-11(7(2)14-12(17)18)15(9)6-10(8)16/h3,5,7-8,14H,1,4,6H2,2H3,(H,17,18). The number of imidazole rings is 1. The fraction of sp³-hybridized carbons (Fsp3) is 0.417. The van der Waals surface area contributed by atoms with Crippen molar-refractivity contribution in [1.82, 2.24) is 14.9 Å². The second-order valence-corrected chi connectivity index (χ2v) is 4.34. The molecule has 0 saturated carbocycles. The van der Waals surface area contributed by atoms with Gasteiger partial charge in [-0.15, -0.1) is 6.58 Å². The number of hydrogen-bond donors (Lipinski definition) is 2. The number of fused-ring (bicyclic) bond motifs is 1. The first kappa shape index (κ1) is 12.3. The maximum Gasteiger partial charge on any atom is 0.405 e. The Balaban J connectivity index is 2.28. The fourth-order valence-electron chi connectivity index (χ4n) is 2.30. The first-order chi connectivity index (χ1) is 8.54. The van der Waals surface area contributed by atoms with Crippen molar-refractivity contribution < 1.29 is 14.7 Å². The smallest absolute Gasteiger partial charge is 0.405 e. The van der Waals surface area contributed by atoms with Gasteiger partial charge in [-0.3, -0.25) is 4.79 Å². The third-order valence-corrected chi connectivity index (χ3v) is 3.11. The molecule has 1 aliphatic rings. The van der Waals surface area contributed by atoms with Gasteiger partial charge in [0, 0.05) is 11.9 Å². The molecule has 0 bridgehead atoms. The highest BCUT2D eigenvalue weighted by molar-refractivity contribution is 5.88. The van der Waals surface area contributed by atoms with Gasteiger partial charge in [-0.1, -0.05) is 6.08 Å². The summed E-state index contributed by atoms with van der Waals surface area (Å²) in [6.45, 7) is 5.60. The number of hydrogen-bond acceptors (Lipinski definition) is 3. The second-order valence-electron chi connectivity index (χ2n) is 4.34. The number of nitrogens with zero attached hydrogens (tertiary/aromatic N) is 2. The van der Waals surface area contributed by atoms with Crippen LogP contribution in [0.3, 0.4) is 0 Å². The van der Waals surface area contributed by atoms with Gasteiger partial charge in [0.2, 0.25) is 0 Å². The molecule has 0 aromatic carbocycles. The first-order valence-corrected chi connectivity index (χ1v) is 5.73. The molecule has 1 aliphatic heterocycles. The van der Waals surface area contributed by atoms with Crippen molar-refractivity contribution in [2.75, 3.05) is 0 Å². The number of rotatable bonds is 4. The molecule has 96 valence electrons. The number of ketones is 1. The first-order valence-electron chi connectivity index (χ1n) is 5.73. The fourth-order valence-corrected chi connectivity index (χ4v) is 2.30. The summed E-state index contributed by atoms with van der Waals surface area (Å²) in [6, 6.07) is -0.438. The van der Waals surface area contributed by atoms with Gasteiger partial charge >= 0.3 is 6.09 Å². The quantitative estimate of drug-likeness (QED) is 0.791. The van der Waals surface area contributed by atoms with E-state index in [1.165, 1.54) is 0 Å². The van der Waals surface area contributed by atoms with Crippen molar-refractivity contribution in [2.45, 2.75) is 31.8 Å². The van der Waals surface area contributed by atoms with Crippen LogP contribution < -0.4 is 5.32 Å². The van der Waals surface area contributed by atoms with Crippen LogP contribution in [0, 0.1) is 0 Å². The maximum absolute atomic E-state index is 11.8. The third kappa shape index (κ3) is 2.01. The van der Waals surface area contributed by atoms with Crippen molar-refractivity contribution in [3.63, 3.8) is 0 Å². The van der Waals surface area contributed by atoms with Crippen LogP contribution in [0.1, 0.15) is 36.8 Å². The molecule has 1 amide bonds. The number of Topliss-reactive ketones (excluding diaryl/α,β-unsaturated/α-hetero) is 1. The lowest BCUT2D eigenvalue weighted by Crippen LogP contribution is -2.27. The summed E-state index contributed by atoms with van der Waals surface area (Å²) in [7, 11) is 0. The van der Waals surface area contributed by atoms with Gasteiger partial charge in [0.25, 0.3) is 0 Å². The number of allylic oxidation sites excluding steroid dienone is 1. The lowest BCUT2D eigenvalue weighted by Gasteiger charge is -2.11. The highest BCUT2D eigenvalue weighted by Gasteiger charge is 2.33. The molecule has 0 spiro atoms. The Morgan fingerprint density at radius 1 is 1.83 bits per heavy atom. The average molecular weight is 249 g/mol. The Kier molecular flexibility index (Phi) is 3.18. The molecule has 0 saturated heterocycles. The SMILES string of the molecule is C=CCC1C(=O)Cn2c1cnc2C(C)NC(=O)O. The minimum absolute atomic E-state index is 0.121. The van der Waals surface area contributed by atoms with Crippen LogP contribution >= 0.6 is 0 Å². The van der Waals surface area contributed by atoms with E-state index in [0.29, 0.717) is 12.2 Å². The normalized spacial score (nSPS) is 19.4. The van der Waals surface area contributed by atoms with E-state index in [1.807, 2.05) is 0 Å². The Bertz CT molecular complexity index is 507. The van der Waals surface area contributed by atoms with Crippen LogP contribution in [0.5, 0.6) is 0 Å². The number of carboxylic acid groups (broad SMARTS) is 1. The van der Waals surface area contributed by atoms with E-state index in [4.69, 9.17) is 5.11 Å². The van der Waals surface area contributed by atoms with Crippen molar-refractivity contribution in [3.05, 3.63) is 30.4 Å². The molecular formula is C12H15N3O3. The predicted molar refractivity (Wildman–Crippen MR) is 64.4 cm³/mol. The summed E-state index contributed by atoms with van der Waals surface area (Å²) in [5, 5.41) is 11.0. The molecule has 1 aromatic rings. The van der Waals surface area contributed by atoms with E-state index in [9.17, 15) is 9.59 Å². The highest BCUT2D eigenvalue weighted by Crippen LogP contribution is 2.31. The van der Waals surface area contributed by atoms with Crippen LogP contribution in [-0.2, 0) is 11.3 Å². The Hall–Kier alpha value is -2.11. The zero-order valence-electron chi connectivity index (χ0n) is 10.1. The number of carbonyl (C=O) groups is 2. The van der Waals surface area contributed by atoms with Gasteiger partial charge < -0.3 is 15.0 Å². The van der Waals surface area contributed by atoms with Crippen molar-refractivity contribution in [2.24, 2.45) is 0 Å². The number of carbonyl (C=O) groups excluding carboxylic acids is 1. The monoisotopic (exact) mass is 249 g/mol. The summed E-state index contributed by atoms with van der Waals surface area (Å²) in [5.41, 5.74) is 0.842. The van der Waals surface area contributed by atoms with Crippen molar-refractivity contribution in [1.29, 1.82) is 0 Å². The summed E-state index contributed by atoms with van der Waals surface area (Å²) in [5.74, 6) is 0.504. The molecule has 1 aromatic heterocycles. The molecule has 6 heteroatoms. The van der Waals surface area contributed by atoms with E-state index in [0.717, 1.165) is 5.69 Å². The lowest BCUT2D eigenvalue weighted by atomic mass is 10.0. The highest BCUT2D eigenvalue weighted by atomic mass is 16.4. The molecule has 0 fully saturated rings. The Labute approximate surface area is 104 Å². The van der Waals surface area contributed by atoms with E-state index >= 15 is 0 Å². The van der Waals surface area contributed by atoms with Crippen molar-refractivity contribution >= 4 is 11.9 Å². The van der Waals surface area contributed by atoms with Gasteiger partial charge in [-0.25, -0.2) is 9.78 Å². The van der Waals surface area contributed by atoms with E-state index in [1.54, 1.807) is 23.8 Å². The molecule has 18 heavy (non-hydrogen) atoms. The molecule has 2 unspecified atom stereocenters. The van der Waals surface area contributed by atoms with Crippen LogP contribution in [0.2, 0.25) is 0 Å². The maximum atomic E-state index is 11.8. The average Bonchev–Trinajstić information content (AvgIpc) is 2.79. The second kappa shape index (κ2) is 4.64. The number of amides is 1. The summed E-state index contributed by atoms with van der Waals surface area (Å²) in [6.07, 6.45) is 2.84. The van der Waals surface area contributed by atoms with Gasteiger partial charge in [0.05, 0.1) is 18.5 Å². The van der Waals surface area contributed by atoms with E-state index < -0.39 is 12.1 Å². The van der Waals surface area contributed by atoms with Crippen LogP contribution in [-0.4, -0.2) is 26.5 Å². The van der Waals surface area contributed by atoms with Gasteiger partial charge in [-0.2, -0.15) is 0 Å². The van der Waals surface area contributed by atoms with E-state index in [2.05, 4.69) is 16.9 Å². The summed E-state index contributed by atoms with van der Waals surface area (Å²) < 4.78 is 1.79. The molecular weight excluding hydrogens is 234 g/mol. The lowest BCUT2D eigenvalue weighted by molar-refractivity contribution is -0.119. The minimum atomic E-state index is -1.10. The number of aromatic nitrogens is 2. The summed E-state index contributed by atoms with van der Waals surface area (Å²) >= 11 is 0. The molecule has 2 N–H and O–H groups in total. The predicted octanol–water partition coefficient (Wildman–Crippen LogP) is 1.45. The van der Waals surface area contributed by atoms with Gasteiger partial charge in [-0.05, 0) is 13.3 Å². The van der Waals surface area contributed by atoms with Crippen LogP contribution in [0.4, 0.5) is 4.79 Å². The largest absolute Gasteiger partial charge is 0.465 e. The zero-order chi connectivity index (χ0) is 13.3.